The Bertz CT molecular complexity index is 1350. The van der Waals surface area contributed by atoms with E-state index in [9.17, 15) is 22.4 Å². The zero-order valence-corrected chi connectivity index (χ0v) is 19.2. The molecule has 33 heavy (non-hydrogen) atoms. The highest BCUT2D eigenvalue weighted by atomic mass is 35.5. The Labute approximate surface area is 195 Å². The van der Waals surface area contributed by atoms with E-state index in [0.717, 1.165) is 16.4 Å². The number of benzene rings is 2. The molecular weight excluding hydrogens is 469 g/mol. The molecule has 0 unspecified atom stereocenters. The number of aromatic nitrogens is 1. The second kappa shape index (κ2) is 10.0. The molecule has 0 spiro atoms. The summed E-state index contributed by atoms with van der Waals surface area (Å²) in [6, 6.07) is 11.6. The molecule has 7 nitrogen and oxygen atoms in total. The van der Waals surface area contributed by atoms with Crippen LogP contribution in [0.1, 0.15) is 17.3 Å². The summed E-state index contributed by atoms with van der Waals surface area (Å²) >= 11 is 6.20. The van der Waals surface area contributed by atoms with Gasteiger partial charge in [-0.2, -0.15) is 0 Å². The second-order valence-electron chi connectivity index (χ2n) is 6.94. The molecule has 1 aromatic heterocycles. The van der Waals surface area contributed by atoms with Gasteiger partial charge in [-0.05, 0) is 55.5 Å². The quantitative estimate of drug-likeness (QED) is 0.478. The topological polar surface area (TPSA) is 88.5 Å². The number of nitrogens with one attached hydrogen (secondary N) is 1. The third-order valence-corrected chi connectivity index (χ3v) is 7.03. The van der Waals surface area contributed by atoms with Gasteiger partial charge in [0, 0.05) is 24.4 Å². The van der Waals surface area contributed by atoms with Crippen molar-refractivity contribution in [1.82, 2.24) is 4.57 Å². The highest BCUT2D eigenvalue weighted by molar-refractivity contribution is 7.93. The molecule has 172 valence electrons. The average Bonchev–Trinajstić information content (AvgIpc) is 2.79. The molecule has 1 heterocycles. The molecule has 0 bridgehead atoms. The van der Waals surface area contributed by atoms with Gasteiger partial charge in [-0.25, -0.2) is 12.8 Å². The van der Waals surface area contributed by atoms with E-state index in [4.69, 9.17) is 11.6 Å². The fraction of sp³-hybridized carbons (Fsp3) is 0.130. The highest BCUT2D eigenvalue weighted by Crippen LogP contribution is 2.30. The predicted octanol–water partition coefficient (Wildman–Crippen LogP) is 4.29. The van der Waals surface area contributed by atoms with Crippen molar-refractivity contribution in [2.24, 2.45) is 0 Å². The number of hydrogen-bond donors (Lipinski definition) is 1. The van der Waals surface area contributed by atoms with E-state index in [1.165, 1.54) is 59.3 Å². The van der Waals surface area contributed by atoms with E-state index in [0.29, 0.717) is 12.2 Å². The summed E-state index contributed by atoms with van der Waals surface area (Å²) in [4.78, 5) is 24.2. The number of carbonyl (C=O) groups excluding carboxylic acids is 1. The van der Waals surface area contributed by atoms with Crippen LogP contribution in [-0.4, -0.2) is 25.4 Å². The molecule has 0 aliphatic heterocycles. The number of nitrogens with zero attached hydrogens (tertiary/aromatic N) is 2. The summed E-state index contributed by atoms with van der Waals surface area (Å²) in [6.45, 7) is 5.70. The van der Waals surface area contributed by atoms with Crippen molar-refractivity contribution in [3.05, 3.63) is 100 Å². The lowest BCUT2D eigenvalue weighted by molar-refractivity contribution is 0.102. The largest absolute Gasteiger partial charge is 0.321 e. The van der Waals surface area contributed by atoms with Crippen LogP contribution in [0.15, 0.2) is 83.1 Å². The van der Waals surface area contributed by atoms with Gasteiger partial charge in [0.15, 0.2) is 0 Å². The number of pyridine rings is 1. The monoisotopic (exact) mass is 489 g/mol. The van der Waals surface area contributed by atoms with Gasteiger partial charge >= 0.3 is 0 Å². The van der Waals surface area contributed by atoms with Crippen molar-refractivity contribution < 1.29 is 17.6 Å². The maximum atomic E-state index is 13.4. The second-order valence-corrected chi connectivity index (χ2v) is 9.18. The fourth-order valence-electron chi connectivity index (χ4n) is 3.08. The molecule has 1 N–H and O–H groups in total. The van der Waals surface area contributed by atoms with E-state index in [2.05, 4.69) is 11.9 Å². The first-order valence-electron chi connectivity index (χ1n) is 9.88. The van der Waals surface area contributed by atoms with Crippen LogP contribution < -0.4 is 15.2 Å². The van der Waals surface area contributed by atoms with Crippen molar-refractivity contribution in [2.75, 3.05) is 16.2 Å². The van der Waals surface area contributed by atoms with E-state index in [-0.39, 0.29) is 33.3 Å². The Morgan fingerprint density at radius 2 is 1.88 bits per heavy atom. The highest BCUT2D eigenvalue weighted by Gasteiger charge is 2.27. The molecule has 10 heteroatoms. The number of halogens is 2. The van der Waals surface area contributed by atoms with Crippen LogP contribution in [0.4, 0.5) is 15.8 Å². The number of sulfonamides is 1. The molecule has 0 aliphatic carbocycles. The molecule has 1 amide bonds. The maximum absolute atomic E-state index is 13.4. The molecule has 0 atom stereocenters. The van der Waals surface area contributed by atoms with Crippen molar-refractivity contribution in [3.63, 3.8) is 0 Å². The number of amides is 1. The van der Waals surface area contributed by atoms with Gasteiger partial charge < -0.3 is 9.88 Å². The zero-order valence-electron chi connectivity index (χ0n) is 17.7. The minimum atomic E-state index is -4.22. The van der Waals surface area contributed by atoms with Crippen LogP contribution in [0.25, 0.3) is 0 Å². The van der Waals surface area contributed by atoms with Crippen molar-refractivity contribution in [2.45, 2.75) is 18.4 Å². The molecule has 3 aromatic rings. The third-order valence-electron chi connectivity index (χ3n) is 4.75. The summed E-state index contributed by atoms with van der Waals surface area (Å²) in [5.74, 6) is -1.10. The molecule has 3 rings (SSSR count). The average molecular weight is 490 g/mol. The summed E-state index contributed by atoms with van der Waals surface area (Å²) in [5.41, 5.74) is 0.424. The van der Waals surface area contributed by atoms with Gasteiger partial charge in [-0.1, -0.05) is 17.7 Å². The first kappa shape index (κ1) is 24.2. The molecule has 0 saturated carbocycles. The number of hydrogen-bond acceptors (Lipinski definition) is 4. The van der Waals surface area contributed by atoms with Crippen LogP contribution in [0, 0.1) is 5.82 Å². The maximum Gasteiger partial charge on any atom is 0.266 e. The van der Waals surface area contributed by atoms with Crippen LogP contribution in [0.5, 0.6) is 0 Å². The van der Waals surface area contributed by atoms with Gasteiger partial charge in [0.2, 0.25) is 0 Å². The Balaban J connectivity index is 1.98. The first-order chi connectivity index (χ1) is 15.7. The van der Waals surface area contributed by atoms with E-state index < -0.39 is 21.7 Å². The third kappa shape index (κ3) is 5.32. The summed E-state index contributed by atoms with van der Waals surface area (Å²) in [6.07, 6.45) is 2.88. The summed E-state index contributed by atoms with van der Waals surface area (Å²) < 4.78 is 42.6. The normalized spacial score (nSPS) is 11.1. The van der Waals surface area contributed by atoms with Crippen LogP contribution in [-0.2, 0) is 16.6 Å². The molecule has 2 aromatic carbocycles. The van der Waals surface area contributed by atoms with Gasteiger partial charge in [0.05, 0.1) is 22.9 Å². The molecule has 0 aliphatic rings. The molecule has 0 saturated heterocycles. The Kier molecular flexibility index (Phi) is 7.35. The lowest BCUT2D eigenvalue weighted by Gasteiger charge is -2.24. The van der Waals surface area contributed by atoms with E-state index in [1.807, 2.05) is 0 Å². The van der Waals surface area contributed by atoms with Crippen molar-refractivity contribution in [3.8, 4) is 0 Å². The van der Waals surface area contributed by atoms with Crippen molar-refractivity contribution >= 4 is 38.9 Å². The number of anilines is 2. The summed E-state index contributed by atoms with van der Waals surface area (Å²) in [5, 5.41) is 2.56. The van der Waals surface area contributed by atoms with Gasteiger partial charge in [-0.15, -0.1) is 6.58 Å². The van der Waals surface area contributed by atoms with Crippen LogP contribution >= 0.6 is 11.6 Å². The Hall–Kier alpha value is -3.43. The molecular formula is C23H21ClFN3O4S. The van der Waals surface area contributed by atoms with Gasteiger partial charge in [0.25, 0.3) is 21.5 Å². The number of carbonyl (C=O) groups is 1. The Morgan fingerprint density at radius 3 is 2.52 bits per heavy atom. The molecule has 0 radical (unpaired) electrons. The van der Waals surface area contributed by atoms with Crippen LogP contribution in [0.2, 0.25) is 5.02 Å². The predicted molar refractivity (Wildman–Crippen MR) is 127 cm³/mol. The smallest absolute Gasteiger partial charge is 0.266 e. The lowest BCUT2D eigenvalue weighted by Crippen LogP contribution is -2.31. The summed E-state index contributed by atoms with van der Waals surface area (Å²) in [7, 11) is -4.22. The number of rotatable bonds is 8. The van der Waals surface area contributed by atoms with Gasteiger partial charge in [-0.3, -0.25) is 13.9 Å². The standard InChI is InChI=1S/C23H21ClFN3O4S/c1-3-13-28(19-9-6-17(25)7-10-19)33(31,32)21-14-16(5-11-20(21)24)23(30)26-18-8-12-22(29)27(4-2)15-18/h3,5-12,14-15H,1,4,13H2,2H3,(H,26,30). The molecule has 0 fully saturated rings. The number of aryl methyl sites for hydroxylation is 1. The van der Waals surface area contributed by atoms with E-state index in [1.54, 1.807) is 6.92 Å². The first-order valence-corrected chi connectivity index (χ1v) is 11.7. The van der Waals surface area contributed by atoms with Crippen molar-refractivity contribution in [1.29, 1.82) is 0 Å². The fourth-order valence-corrected chi connectivity index (χ4v) is 5.02. The minimum Gasteiger partial charge on any atom is -0.321 e. The Morgan fingerprint density at radius 1 is 1.18 bits per heavy atom. The van der Waals surface area contributed by atoms with Gasteiger partial charge in [0.1, 0.15) is 10.7 Å². The lowest BCUT2D eigenvalue weighted by atomic mass is 10.2. The SMILES string of the molecule is C=CCN(c1ccc(F)cc1)S(=O)(=O)c1cc(C(=O)Nc2ccc(=O)n(CC)c2)ccc1Cl. The minimum absolute atomic E-state index is 0.0462. The van der Waals surface area contributed by atoms with Crippen LogP contribution in [0.3, 0.4) is 0 Å². The van der Waals surface area contributed by atoms with E-state index >= 15 is 0 Å². The zero-order chi connectivity index (χ0) is 24.2.